The molecule has 1 unspecified atom stereocenters. The topological polar surface area (TPSA) is 32.8 Å². The van der Waals surface area contributed by atoms with Crippen LogP contribution in [0.15, 0.2) is 12.2 Å². The van der Waals surface area contributed by atoms with Crippen LogP contribution in [0.4, 0.5) is 0 Å². The van der Waals surface area contributed by atoms with Gasteiger partial charge in [0.1, 0.15) is 5.60 Å². The molecule has 1 fully saturated rings. The van der Waals surface area contributed by atoms with Crippen molar-refractivity contribution in [2.75, 3.05) is 19.7 Å². The van der Waals surface area contributed by atoms with Crippen LogP contribution in [-0.4, -0.2) is 36.1 Å². The summed E-state index contributed by atoms with van der Waals surface area (Å²) >= 11 is 0. The summed E-state index contributed by atoms with van der Waals surface area (Å²) in [5, 5.41) is 0. The summed E-state index contributed by atoms with van der Waals surface area (Å²) in [7, 11) is 0. The molecule has 0 aliphatic carbocycles. The Bertz CT molecular complexity index is 244. The molecular formula is C11H19NO2. The lowest BCUT2D eigenvalue weighted by atomic mass is 10.1. The Morgan fingerprint density at radius 1 is 1.64 bits per heavy atom. The molecule has 3 heteroatoms. The van der Waals surface area contributed by atoms with Crippen molar-refractivity contribution in [2.24, 2.45) is 0 Å². The van der Waals surface area contributed by atoms with Gasteiger partial charge in [0.2, 0.25) is 5.91 Å². The maximum absolute atomic E-state index is 11.6. The number of amides is 1. The summed E-state index contributed by atoms with van der Waals surface area (Å²) in [5.74, 6) is 0.171. The largest absolute Gasteiger partial charge is 0.368 e. The average molecular weight is 197 g/mol. The molecule has 1 aliphatic heterocycles. The summed E-state index contributed by atoms with van der Waals surface area (Å²) < 4.78 is 5.28. The van der Waals surface area contributed by atoms with Gasteiger partial charge in [-0.15, -0.1) is 0 Å². The molecule has 0 aromatic rings. The van der Waals surface area contributed by atoms with Crippen LogP contribution in [0.2, 0.25) is 0 Å². The minimum atomic E-state index is -0.0969. The zero-order chi connectivity index (χ0) is 10.8. The third-order valence-electron chi connectivity index (χ3n) is 2.28. The molecular weight excluding hydrogens is 178 g/mol. The molecule has 0 aromatic carbocycles. The summed E-state index contributed by atoms with van der Waals surface area (Å²) in [6.07, 6.45) is 0.545. The van der Waals surface area contributed by atoms with Crippen molar-refractivity contribution in [3.63, 3.8) is 0 Å². The summed E-state index contributed by atoms with van der Waals surface area (Å²) in [4.78, 5) is 13.4. The van der Waals surface area contributed by atoms with Gasteiger partial charge in [0, 0.05) is 13.0 Å². The fourth-order valence-electron chi connectivity index (χ4n) is 1.40. The van der Waals surface area contributed by atoms with Crippen LogP contribution in [-0.2, 0) is 9.53 Å². The van der Waals surface area contributed by atoms with Crippen LogP contribution < -0.4 is 0 Å². The number of rotatable bonds is 5. The third kappa shape index (κ3) is 3.14. The SMILES string of the molecule is C=C(C)CN(CC1(C)CO1)C(=O)CC. The number of hydrogen-bond donors (Lipinski definition) is 0. The Hall–Kier alpha value is -0.830. The van der Waals surface area contributed by atoms with Crippen LogP contribution in [0.25, 0.3) is 0 Å². The molecule has 0 saturated carbocycles. The summed E-state index contributed by atoms with van der Waals surface area (Å²) in [6, 6.07) is 0. The normalized spacial score (nSPS) is 24.5. The van der Waals surface area contributed by atoms with Gasteiger partial charge in [-0.25, -0.2) is 0 Å². The Labute approximate surface area is 85.7 Å². The Balaban J connectivity index is 2.52. The zero-order valence-electron chi connectivity index (χ0n) is 9.30. The molecule has 0 radical (unpaired) electrons. The molecule has 1 aliphatic rings. The smallest absolute Gasteiger partial charge is 0.222 e. The van der Waals surface area contributed by atoms with Gasteiger partial charge >= 0.3 is 0 Å². The number of carbonyl (C=O) groups excluding carboxylic acids is 1. The predicted molar refractivity (Wildman–Crippen MR) is 56.0 cm³/mol. The predicted octanol–water partition coefficient (Wildman–Crippen LogP) is 1.59. The van der Waals surface area contributed by atoms with E-state index in [1.807, 2.05) is 25.7 Å². The lowest BCUT2D eigenvalue weighted by Crippen LogP contribution is -2.38. The third-order valence-corrected chi connectivity index (χ3v) is 2.28. The molecule has 80 valence electrons. The molecule has 1 saturated heterocycles. The number of epoxide rings is 1. The maximum atomic E-state index is 11.6. The molecule has 1 heterocycles. The van der Waals surface area contributed by atoms with Crippen molar-refractivity contribution in [3.8, 4) is 0 Å². The van der Waals surface area contributed by atoms with Crippen molar-refractivity contribution >= 4 is 5.91 Å². The second kappa shape index (κ2) is 4.13. The lowest BCUT2D eigenvalue weighted by Gasteiger charge is -2.24. The first-order chi connectivity index (χ1) is 6.47. The molecule has 0 spiro atoms. The fraction of sp³-hybridized carbons (Fsp3) is 0.727. The van der Waals surface area contributed by atoms with Gasteiger partial charge in [-0.2, -0.15) is 0 Å². The van der Waals surface area contributed by atoms with Gasteiger partial charge in [-0.1, -0.05) is 19.1 Å². The van der Waals surface area contributed by atoms with E-state index in [0.717, 1.165) is 12.2 Å². The lowest BCUT2D eigenvalue weighted by molar-refractivity contribution is -0.131. The molecule has 1 rings (SSSR count). The van der Waals surface area contributed by atoms with Gasteiger partial charge in [0.15, 0.2) is 0 Å². The van der Waals surface area contributed by atoms with E-state index >= 15 is 0 Å². The Morgan fingerprint density at radius 2 is 2.21 bits per heavy atom. The summed E-state index contributed by atoms with van der Waals surface area (Å²) in [5.41, 5.74) is 0.913. The average Bonchev–Trinajstić information content (AvgIpc) is 2.80. The molecule has 1 atom stereocenters. The van der Waals surface area contributed by atoms with Crippen molar-refractivity contribution in [1.82, 2.24) is 4.90 Å². The second-order valence-electron chi connectivity index (χ2n) is 4.30. The monoisotopic (exact) mass is 197 g/mol. The molecule has 1 amide bonds. The minimum absolute atomic E-state index is 0.0969. The number of hydrogen-bond acceptors (Lipinski definition) is 2. The quantitative estimate of drug-likeness (QED) is 0.495. The van der Waals surface area contributed by atoms with Gasteiger partial charge < -0.3 is 9.64 Å². The molecule has 0 N–H and O–H groups in total. The Kier molecular flexibility index (Phi) is 3.32. The number of carbonyl (C=O) groups is 1. The highest BCUT2D eigenvalue weighted by Crippen LogP contribution is 2.27. The minimum Gasteiger partial charge on any atom is -0.368 e. The van der Waals surface area contributed by atoms with Crippen LogP contribution in [0, 0.1) is 0 Å². The van der Waals surface area contributed by atoms with E-state index in [4.69, 9.17) is 4.74 Å². The number of ether oxygens (including phenoxy) is 1. The molecule has 14 heavy (non-hydrogen) atoms. The van der Waals surface area contributed by atoms with E-state index in [-0.39, 0.29) is 11.5 Å². The van der Waals surface area contributed by atoms with E-state index in [1.54, 1.807) is 0 Å². The molecule has 0 bridgehead atoms. The van der Waals surface area contributed by atoms with Gasteiger partial charge in [0.05, 0.1) is 13.2 Å². The highest BCUT2D eigenvalue weighted by molar-refractivity contribution is 5.76. The van der Waals surface area contributed by atoms with Crippen molar-refractivity contribution in [3.05, 3.63) is 12.2 Å². The Morgan fingerprint density at radius 3 is 2.57 bits per heavy atom. The van der Waals surface area contributed by atoms with Crippen LogP contribution >= 0.6 is 0 Å². The second-order valence-corrected chi connectivity index (χ2v) is 4.30. The van der Waals surface area contributed by atoms with Crippen LogP contribution in [0.5, 0.6) is 0 Å². The zero-order valence-corrected chi connectivity index (χ0v) is 9.30. The van der Waals surface area contributed by atoms with E-state index in [0.29, 0.717) is 19.5 Å². The van der Waals surface area contributed by atoms with E-state index in [1.165, 1.54) is 0 Å². The number of nitrogens with zero attached hydrogens (tertiary/aromatic N) is 1. The van der Waals surface area contributed by atoms with Crippen molar-refractivity contribution < 1.29 is 9.53 Å². The van der Waals surface area contributed by atoms with E-state index in [9.17, 15) is 4.79 Å². The van der Waals surface area contributed by atoms with Crippen LogP contribution in [0.1, 0.15) is 27.2 Å². The highest BCUT2D eigenvalue weighted by Gasteiger charge is 2.41. The highest BCUT2D eigenvalue weighted by atomic mass is 16.6. The maximum Gasteiger partial charge on any atom is 0.222 e. The van der Waals surface area contributed by atoms with E-state index in [2.05, 4.69) is 6.58 Å². The van der Waals surface area contributed by atoms with Crippen molar-refractivity contribution in [1.29, 1.82) is 0 Å². The van der Waals surface area contributed by atoms with Crippen molar-refractivity contribution in [2.45, 2.75) is 32.8 Å². The molecule has 3 nitrogen and oxygen atoms in total. The molecule has 0 aromatic heterocycles. The van der Waals surface area contributed by atoms with E-state index < -0.39 is 0 Å². The fourth-order valence-corrected chi connectivity index (χ4v) is 1.40. The first-order valence-electron chi connectivity index (χ1n) is 5.03. The van der Waals surface area contributed by atoms with Crippen LogP contribution in [0.3, 0.4) is 0 Å². The first-order valence-corrected chi connectivity index (χ1v) is 5.03. The van der Waals surface area contributed by atoms with Gasteiger partial charge in [0.25, 0.3) is 0 Å². The summed E-state index contributed by atoms with van der Waals surface area (Å²) in [6.45, 7) is 11.8. The standard InChI is InChI=1S/C11H19NO2/c1-5-10(13)12(6-9(2)3)7-11(4)8-14-11/h2,5-8H2,1,3-4H3. The first kappa shape index (κ1) is 11.2. The van der Waals surface area contributed by atoms with Gasteiger partial charge in [-0.3, -0.25) is 4.79 Å². The van der Waals surface area contributed by atoms with Gasteiger partial charge in [-0.05, 0) is 13.8 Å².